The Morgan fingerprint density at radius 1 is 1.47 bits per heavy atom. The molecular weight excluding hydrogens is 188 g/mol. The summed E-state index contributed by atoms with van der Waals surface area (Å²) in [6, 6.07) is 0. The lowest BCUT2D eigenvalue weighted by Crippen LogP contribution is -2.21. The SMILES string of the molecule is CCn1ncnc1CC(CN)CC(C)C. The number of rotatable bonds is 6. The van der Waals surface area contributed by atoms with E-state index in [0.29, 0.717) is 11.8 Å². The van der Waals surface area contributed by atoms with Crippen LogP contribution in [0.1, 0.15) is 33.0 Å². The Hall–Kier alpha value is -0.900. The van der Waals surface area contributed by atoms with Crippen LogP contribution in [0.2, 0.25) is 0 Å². The van der Waals surface area contributed by atoms with Crippen molar-refractivity contribution in [2.75, 3.05) is 6.54 Å². The van der Waals surface area contributed by atoms with Gasteiger partial charge in [0.25, 0.3) is 0 Å². The topological polar surface area (TPSA) is 56.7 Å². The van der Waals surface area contributed by atoms with Crippen molar-refractivity contribution in [3.8, 4) is 0 Å². The van der Waals surface area contributed by atoms with Gasteiger partial charge in [0.1, 0.15) is 12.2 Å². The van der Waals surface area contributed by atoms with E-state index in [1.165, 1.54) is 0 Å². The van der Waals surface area contributed by atoms with Gasteiger partial charge in [-0.1, -0.05) is 13.8 Å². The molecule has 2 N–H and O–H groups in total. The lowest BCUT2D eigenvalue weighted by atomic mass is 9.94. The zero-order chi connectivity index (χ0) is 11.3. The molecule has 15 heavy (non-hydrogen) atoms. The largest absolute Gasteiger partial charge is 0.330 e. The quantitative estimate of drug-likeness (QED) is 0.773. The minimum Gasteiger partial charge on any atom is -0.330 e. The van der Waals surface area contributed by atoms with Crippen LogP contribution in [0.25, 0.3) is 0 Å². The van der Waals surface area contributed by atoms with Crippen LogP contribution in [0.4, 0.5) is 0 Å². The lowest BCUT2D eigenvalue weighted by molar-refractivity contribution is 0.400. The summed E-state index contributed by atoms with van der Waals surface area (Å²) in [4.78, 5) is 4.28. The van der Waals surface area contributed by atoms with Crippen molar-refractivity contribution in [1.82, 2.24) is 14.8 Å². The molecule has 0 aromatic carbocycles. The van der Waals surface area contributed by atoms with Gasteiger partial charge in [-0.05, 0) is 31.7 Å². The molecule has 0 spiro atoms. The maximum absolute atomic E-state index is 5.77. The van der Waals surface area contributed by atoms with Gasteiger partial charge in [-0.15, -0.1) is 0 Å². The second-order valence-electron chi connectivity index (χ2n) is 4.43. The van der Waals surface area contributed by atoms with Crippen molar-refractivity contribution >= 4 is 0 Å². The standard InChI is InChI=1S/C11H22N4/c1-4-15-11(13-8-14-15)6-10(7-12)5-9(2)3/h8-10H,4-7,12H2,1-3H3. The van der Waals surface area contributed by atoms with Crippen LogP contribution in [0.3, 0.4) is 0 Å². The van der Waals surface area contributed by atoms with Gasteiger partial charge < -0.3 is 5.73 Å². The van der Waals surface area contributed by atoms with Gasteiger partial charge in [0.2, 0.25) is 0 Å². The first kappa shape index (κ1) is 12.2. The van der Waals surface area contributed by atoms with Crippen molar-refractivity contribution < 1.29 is 0 Å². The first-order chi connectivity index (χ1) is 7.17. The molecule has 0 saturated heterocycles. The van der Waals surface area contributed by atoms with Gasteiger partial charge in [0.05, 0.1) is 0 Å². The Kier molecular flexibility index (Phi) is 4.75. The van der Waals surface area contributed by atoms with E-state index in [1.807, 2.05) is 4.68 Å². The van der Waals surface area contributed by atoms with E-state index in [2.05, 4.69) is 30.9 Å². The molecule has 0 aliphatic rings. The average molecular weight is 210 g/mol. The number of nitrogens with zero attached hydrogens (tertiary/aromatic N) is 3. The van der Waals surface area contributed by atoms with E-state index in [1.54, 1.807) is 6.33 Å². The second-order valence-corrected chi connectivity index (χ2v) is 4.43. The Balaban J connectivity index is 2.58. The third-order valence-corrected chi connectivity index (χ3v) is 2.60. The summed E-state index contributed by atoms with van der Waals surface area (Å²) in [5.41, 5.74) is 5.77. The summed E-state index contributed by atoms with van der Waals surface area (Å²) in [6.45, 7) is 8.15. The molecule has 0 fully saturated rings. The molecule has 1 heterocycles. The Morgan fingerprint density at radius 3 is 2.73 bits per heavy atom. The molecule has 0 aliphatic heterocycles. The van der Waals surface area contributed by atoms with Gasteiger partial charge in [-0.3, -0.25) is 4.68 Å². The number of aromatic nitrogens is 3. The number of hydrogen-bond donors (Lipinski definition) is 1. The van der Waals surface area contributed by atoms with E-state index in [-0.39, 0.29) is 0 Å². The minimum atomic E-state index is 0.527. The summed E-state index contributed by atoms with van der Waals surface area (Å²) < 4.78 is 1.95. The third kappa shape index (κ3) is 3.63. The molecule has 4 nitrogen and oxygen atoms in total. The van der Waals surface area contributed by atoms with Gasteiger partial charge in [0, 0.05) is 13.0 Å². The first-order valence-corrected chi connectivity index (χ1v) is 5.74. The predicted molar refractivity (Wildman–Crippen MR) is 61.4 cm³/mol. The van der Waals surface area contributed by atoms with Crippen molar-refractivity contribution in [3.63, 3.8) is 0 Å². The van der Waals surface area contributed by atoms with E-state index in [9.17, 15) is 0 Å². The molecule has 1 aromatic rings. The van der Waals surface area contributed by atoms with E-state index in [0.717, 1.165) is 31.8 Å². The van der Waals surface area contributed by atoms with Crippen LogP contribution in [-0.2, 0) is 13.0 Å². The minimum absolute atomic E-state index is 0.527. The maximum atomic E-state index is 5.77. The molecular formula is C11H22N4. The van der Waals surface area contributed by atoms with Gasteiger partial charge >= 0.3 is 0 Å². The molecule has 0 bridgehead atoms. The molecule has 86 valence electrons. The summed E-state index contributed by atoms with van der Waals surface area (Å²) in [5, 5.41) is 4.17. The fourth-order valence-corrected chi connectivity index (χ4v) is 1.90. The molecule has 1 rings (SSSR count). The highest BCUT2D eigenvalue weighted by Crippen LogP contribution is 2.14. The normalized spacial score (nSPS) is 13.4. The fourth-order valence-electron chi connectivity index (χ4n) is 1.90. The molecule has 0 saturated carbocycles. The summed E-state index contributed by atoms with van der Waals surface area (Å²) in [5.74, 6) is 2.28. The van der Waals surface area contributed by atoms with Crippen molar-refractivity contribution in [2.45, 2.75) is 40.2 Å². The molecule has 4 heteroatoms. The van der Waals surface area contributed by atoms with Crippen LogP contribution < -0.4 is 5.73 Å². The molecule has 0 aliphatic carbocycles. The van der Waals surface area contributed by atoms with Crippen LogP contribution in [0, 0.1) is 11.8 Å². The van der Waals surface area contributed by atoms with Gasteiger partial charge in [0.15, 0.2) is 0 Å². The molecule has 0 amide bonds. The van der Waals surface area contributed by atoms with Crippen molar-refractivity contribution in [1.29, 1.82) is 0 Å². The van der Waals surface area contributed by atoms with E-state index in [4.69, 9.17) is 5.73 Å². The highest BCUT2D eigenvalue weighted by molar-refractivity contribution is 4.87. The lowest BCUT2D eigenvalue weighted by Gasteiger charge is -2.16. The van der Waals surface area contributed by atoms with Crippen LogP contribution in [0.15, 0.2) is 6.33 Å². The number of nitrogens with two attached hydrogens (primary N) is 1. The Bertz CT molecular complexity index is 280. The van der Waals surface area contributed by atoms with Crippen LogP contribution in [-0.4, -0.2) is 21.3 Å². The number of aryl methyl sites for hydroxylation is 1. The van der Waals surface area contributed by atoms with E-state index < -0.39 is 0 Å². The third-order valence-electron chi connectivity index (χ3n) is 2.60. The Morgan fingerprint density at radius 2 is 2.20 bits per heavy atom. The van der Waals surface area contributed by atoms with Crippen molar-refractivity contribution in [3.05, 3.63) is 12.2 Å². The monoisotopic (exact) mass is 210 g/mol. The molecule has 0 radical (unpaired) electrons. The highest BCUT2D eigenvalue weighted by atomic mass is 15.3. The molecule has 1 atom stereocenters. The second kappa shape index (κ2) is 5.85. The smallest absolute Gasteiger partial charge is 0.138 e. The first-order valence-electron chi connectivity index (χ1n) is 5.74. The Labute approximate surface area is 91.9 Å². The van der Waals surface area contributed by atoms with Crippen molar-refractivity contribution in [2.24, 2.45) is 17.6 Å². The average Bonchev–Trinajstić information content (AvgIpc) is 2.63. The van der Waals surface area contributed by atoms with Crippen LogP contribution >= 0.6 is 0 Å². The molecule has 1 unspecified atom stereocenters. The van der Waals surface area contributed by atoms with Gasteiger partial charge in [-0.2, -0.15) is 5.10 Å². The zero-order valence-electron chi connectivity index (χ0n) is 9.98. The molecule has 1 aromatic heterocycles. The predicted octanol–water partition coefficient (Wildman–Crippen LogP) is 1.46. The zero-order valence-corrected chi connectivity index (χ0v) is 9.98. The summed E-state index contributed by atoms with van der Waals surface area (Å²) in [6.07, 6.45) is 3.73. The summed E-state index contributed by atoms with van der Waals surface area (Å²) >= 11 is 0. The maximum Gasteiger partial charge on any atom is 0.138 e. The number of hydrogen-bond acceptors (Lipinski definition) is 3. The summed E-state index contributed by atoms with van der Waals surface area (Å²) in [7, 11) is 0. The van der Waals surface area contributed by atoms with Gasteiger partial charge in [-0.25, -0.2) is 4.98 Å². The highest BCUT2D eigenvalue weighted by Gasteiger charge is 2.13. The fraction of sp³-hybridized carbons (Fsp3) is 0.818. The van der Waals surface area contributed by atoms with E-state index >= 15 is 0 Å². The van der Waals surface area contributed by atoms with Crippen LogP contribution in [0.5, 0.6) is 0 Å².